The summed E-state index contributed by atoms with van der Waals surface area (Å²) < 4.78 is 10.4. The van der Waals surface area contributed by atoms with E-state index in [1.54, 1.807) is 45.2 Å². The topological polar surface area (TPSA) is 254 Å². The highest BCUT2D eigenvalue weighted by atomic mass is 32.1. The standard InChI is InChI=1S/C40H52N8O9S3/c1-9-56-38(54)29-19-59-36(47-29)26(16-30(41)50)44-32(51)24(15-22-10-12-23(49)13-11-22)42-33(52)27-17-58-35(45-27)25(14-20(2)3)43-34(53)28-18-60-37(46-28)31(21(4)5)48-39(55)57-40(6,7)8/h10-13,17-21,24-26,31,49H,9,14-16H2,1-8H3,(H2,41,50)(H,42,52)(H,43,53)(H,44,51)(H,48,55)/t24-,25-,26+,31+/m1/s1. The molecule has 0 bridgehead atoms. The monoisotopic (exact) mass is 884 g/mol. The second-order valence-corrected chi connectivity index (χ2v) is 18.3. The number of nitrogens with two attached hydrogens (primary N) is 1. The van der Waals surface area contributed by atoms with E-state index in [9.17, 15) is 33.9 Å². The Kier molecular flexibility index (Phi) is 16.7. The van der Waals surface area contributed by atoms with E-state index >= 15 is 0 Å². The van der Waals surface area contributed by atoms with Crippen LogP contribution < -0.4 is 27.0 Å². The van der Waals surface area contributed by atoms with Gasteiger partial charge in [-0.25, -0.2) is 24.5 Å². The molecule has 4 aromatic rings. The van der Waals surface area contributed by atoms with Crippen LogP contribution in [-0.2, 0) is 25.5 Å². The molecular weight excluding hydrogens is 833 g/mol. The number of alkyl carbamates (subject to hydrolysis) is 1. The number of esters is 1. The van der Waals surface area contributed by atoms with E-state index in [4.69, 9.17) is 15.2 Å². The maximum absolute atomic E-state index is 13.9. The Morgan fingerprint density at radius 1 is 0.767 bits per heavy atom. The van der Waals surface area contributed by atoms with Gasteiger partial charge < -0.3 is 41.6 Å². The highest BCUT2D eigenvalue weighted by Crippen LogP contribution is 2.29. The van der Waals surface area contributed by atoms with E-state index in [1.165, 1.54) is 34.2 Å². The lowest BCUT2D eigenvalue weighted by Crippen LogP contribution is -2.49. The summed E-state index contributed by atoms with van der Waals surface area (Å²) >= 11 is 3.43. The van der Waals surface area contributed by atoms with Gasteiger partial charge in [-0.2, -0.15) is 0 Å². The van der Waals surface area contributed by atoms with Gasteiger partial charge in [0.05, 0.1) is 31.2 Å². The van der Waals surface area contributed by atoms with Gasteiger partial charge in [-0.05, 0) is 63.6 Å². The van der Waals surface area contributed by atoms with Crippen molar-refractivity contribution < 1.29 is 43.3 Å². The van der Waals surface area contributed by atoms with Crippen molar-refractivity contribution in [2.45, 2.75) is 104 Å². The minimum atomic E-state index is -1.21. The lowest BCUT2D eigenvalue weighted by atomic mass is 10.0. The predicted octanol–water partition coefficient (Wildman–Crippen LogP) is 5.75. The van der Waals surface area contributed by atoms with E-state index in [0.29, 0.717) is 22.0 Å². The maximum atomic E-state index is 13.9. The van der Waals surface area contributed by atoms with Crippen molar-refractivity contribution in [1.29, 1.82) is 0 Å². The number of amides is 5. The highest BCUT2D eigenvalue weighted by molar-refractivity contribution is 7.10. The van der Waals surface area contributed by atoms with Gasteiger partial charge in [0.25, 0.3) is 11.8 Å². The van der Waals surface area contributed by atoms with Gasteiger partial charge in [0, 0.05) is 22.6 Å². The van der Waals surface area contributed by atoms with E-state index < -0.39 is 65.5 Å². The zero-order valence-corrected chi connectivity index (χ0v) is 37.1. The largest absolute Gasteiger partial charge is 0.508 e. The van der Waals surface area contributed by atoms with Crippen molar-refractivity contribution in [3.05, 3.63) is 78.1 Å². The van der Waals surface area contributed by atoms with Gasteiger partial charge in [-0.15, -0.1) is 34.0 Å². The number of rotatable bonds is 19. The predicted molar refractivity (Wildman–Crippen MR) is 227 cm³/mol. The number of hydrogen-bond donors (Lipinski definition) is 6. The minimum Gasteiger partial charge on any atom is -0.508 e. The molecule has 0 saturated heterocycles. The first-order valence-electron chi connectivity index (χ1n) is 19.2. The first kappa shape index (κ1) is 47.2. The summed E-state index contributed by atoms with van der Waals surface area (Å²) in [6.45, 7) is 14.9. The van der Waals surface area contributed by atoms with Crippen LogP contribution in [0.5, 0.6) is 5.75 Å². The van der Waals surface area contributed by atoms with Crippen LogP contribution in [0.3, 0.4) is 0 Å². The molecule has 20 heteroatoms. The lowest BCUT2D eigenvalue weighted by molar-refractivity contribution is -0.124. The number of aromatic nitrogens is 3. The number of primary amides is 1. The SMILES string of the molecule is CCOC(=O)c1csc([C@H](CC(N)=O)NC(=O)[C@@H](Cc2ccc(O)cc2)NC(=O)c2csc([C@@H](CC(C)C)NC(=O)c3csc([C@@H](NC(=O)OC(C)(C)C)C(C)C)n3)n2)n1. The number of phenolic OH excluding ortho intramolecular Hbond substituents is 1. The van der Waals surface area contributed by atoms with Crippen molar-refractivity contribution in [2.24, 2.45) is 17.6 Å². The normalized spacial score (nSPS) is 13.5. The molecule has 1 aromatic carbocycles. The highest BCUT2D eigenvalue weighted by Gasteiger charge is 2.31. The number of nitrogens with zero attached hydrogens (tertiary/aromatic N) is 3. The molecule has 3 heterocycles. The summed E-state index contributed by atoms with van der Waals surface area (Å²) in [7, 11) is 0. The number of ether oxygens (including phenoxy) is 2. The number of phenols is 1. The van der Waals surface area contributed by atoms with E-state index in [0.717, 1.165) is 22.7 Å². The van der Waals surface area contributed by atoms with Crippen molar-refractivity contribution in [3.63, 3.8) is 0 Å². The van der Waals surface area contributed by atoms with Gasteiger partial charge in [0.15, 0.2) is 5.69 Å². The van der Waals surface area contributed by atoms with Gasteiger partial charge in [-0.3, -0.25) is 19.2 Å². The molecule has 0 fully saturated rings. The smallest absolute Gasteiger partial charge is 0.408 e. The Labute approximate surface area is 360 Å². The molecule has 0 radical (unpaired) electrons. The van der Waals surface area contributed by atoms with Gasteiger partial charge in [0.1, 0.15) is 43.8 Å². The number of carbonyl (C=O) groups is 6. The zero-order valence-electron chi connectivity index (χ0n) is 34.7. The summed E-state index contributed by atoms with van der Waals surface area (Å²) in [6.07, 6.45) is -0.474. The Hall–Kier alpha value is -5.47. The lowest BCUT2D eigenvalue weighted by Gasteiger charge is -2.24. The average molecular weight is 885 g/mol. The first-order chi connectivity index (χ1) is 28.2. The Bertz CT molecular complexity index is 2120. The molecule has 4 atom stereocenters. The number of hydrogen-bond acceptors (Lipinski definition) is 15. The molecule has 7 N–H and O–H groups in total. The molecule has 0 aliphatic rings. The number of thiazole rings is 3. The summed E-state index contributed by atoms with van der Waals surface area (Å²) in [4.78, 5) is 91.6. The number of benzene rings is 1. The maximum Gasteiger partial charge on any atom is 0.408 e. The van der Waals surface area contributed by atoms with Crippen LogP contribution in [0.4, 0.5) is 4.79 Å². The molecule has 3 aromatic heterocycles. The van der Waals surface area contributed by atoms with E-state index in [-0.39, 0.29) is 59.1 Å². The summed E-state index contributed by atoms with van der Waals surface area (Å²) in [6, 6.07) is 2.75. The van der Waals surface area contributed by atoms with Crippen molar-refractivity contribution in [2.75, 3.05) is 6.61 Å². The summed E-state index contributed by atoms with van der Waals surface area (Å²) in [5.74, 6) is -3.16. The third-order valence-electron chi connectivity index (χ3n) is 8.45. The molecule has 4 rings (SSSR count). The van der Waals surface area contributed by atoms with E-state index in [1.807, 2.05) is 27.7 Å². The van der Waals surface area contributed by atoms with Gasteiger partial charge in [0.2, 0.25) is 11.8 Å². The zero-order chi connectivity index (χ0) is 44.3. The summed E-state index contributed by atoms with van der Waals surface area (Å²) in [5, 5.41) is 27.0. The van der Waals surface area contributed by atoms with Crippen LogP contribution in [0.2, 0.25) is 0 Å². The van der Waals surface area contributed by atoms with Gasteiger partial charge in [-0.1, -0.05) is 39.8 Å². The Balaban J connectivity index is 1.53. The Morgan fingerprint density at radius 3 is 1.88 bits per heavy atom. The first-order valence-corrected chi connectivity index (χ1v) is 21.9. The third kappa shape index (κ3) is 14.1. The molecule has 60 heavy (non-hydrogen) atoms. The van der Waals surface area contributed by atoms with Crippen LogP contribution in [-0.4, -0.2) is 74.0 Å². The van der Waals surface area contributed by atoms with Crippen molar-refractivity contribution in [1.82, 2.24) is 36.2 Å². The summed E-state index contributed by atoms with van der Waals surface area (Å²) in [5.41, 5.74) is 5.58. The van der Waals surface area contributed by atoms with Crippen LogP contribution >= 0.6 is 34.0 Å². The number of aromatic hydroxyl groups is 1. The van der Waals surface area contributed by atoms with Crippen molar-refractivity contribution >= 4 is 69.7 Å². The quantitative estimate of drug-likeness (QED) is 0.0616. The molecular formula is C40H52N8O9S3. The molecule has 0 unspecified atom stereocenters. The molecule has 0 aliphatic heterocycles. The second-order valence-electron chi connectivity index (χ2n) is 15.6. The van der Waals surface area contributed by atoms with Crippen LogP contribution in [0.1, 0.15) is 138 Å². The van der Waals surface area contributed by atoms with E-state index in [2.05, 4.69) is 36.2 Å². The number of carbonyl (C=O) groups excluding carboxylic acids is 6. The Morgan fingerprint density at radius 2 is 1.32 bits per heavy atom. The molecule has 5 amide bonds. The molecule has 17 nitrogen and oxygen atoms in total. The van der Waals surface area contributed by atoms with Crippen LogP contribution in [0.25, 0.3) is 0 Å². The molecule has 324 valence electrons. The molecule has 0 aliphatic carbocycles. The van der Waals surface area contributed by atoms with Crippen molar-refractivity contribution in [3.8, 4) is 5.75 Å². The minimum absolute atomic E-state index is 0.00173. The number of nitrogens with one attached hydrogen (secondary N) is 4. The third-order valence-corrected chi connectivity index (χ3v) is 11.3. The fourth-order valence-corrected chi connectivity index (χ4v) is 8.41. The average Bonchev–Trinajstić information content (AvgIpc) is 3.95. The molecule has 0 spiro atoms. The fraction of sp³-hybridized carbons (Fsp3) is 0.475. The second kappa shape index (κ2) is 21.2. The van der Waals surface area contributed by atoms with Crippen LogP contribution in [0, 0.1) is 11.8 Å². The fourth-order valence-electron chi connectivity index (χ4n) is 5.69. The van der Waals surface area contributed by atoms with Gasteiger partial charge >= 0.3 is 12.1 Å². The molecule has 0 saturated carbocycles. The van der Waals surface area contributed by atoms with Crippen LogP contribution in [0.15, 0.2) is 40.4 Å².